The maximum absolute atomic E-state index is 12.8. The molecule has 0 saturated heterocycles. The summed E-state index contributed by atoms with van der Waals surface area (Å²) in [5, 5.41) is 23.9. The average molecular weight is 340 g/mol. The van der Waals surface area contributed by atoms with Crippen molar-refractivity contribution >= 4 is 5.78 Å². The maximum atomic E-state index is 12.8. The maximum Gasteiger partial charge on any atom is 0.416 e. The first kappa shape index (κ1) is 15.8. The molecule has 10 heteroatoms. The molecule has 0 saturated carbocycles. The van der Waals surface area contributed by atoms with Crippen molar-refractivity contribution in [3.05, 3.63) is 41.2 Å². The van der Waals surface area contributed by atoms with Gasteiger partial charge >= 0.3 is 6.18 Å². The van der Waals surface area contributed by atoms with E-state index in [-0.39, 0.29) is 23.5 Å². The molecule has 0 spiro atoms. The molecule has 0 unspecified atom stereocenters. The van der Waals surface area contributed by atoms with Crippen LogP contribution in [0.5, 0.6) is 17.5 Å². The zero-order chi connectivity index (χ0) is 17.5. The molecule has 24 heavy (non-hydrogen) atoms. The number of aromatic nitrogens is 4. The summed E-state index contributed by atoms with van der Waals surface area (Å²) < 4.78 is 44.3. The van der Waals surface area contributed by atoms with Crippen molar-refractivity contribution in [1.29, 1.82) is 0 Å². The third-order valence-corrected chi connectivity index (χ3v) is 3.46. The molecule has 0 fully saturated rings. The Hall–Kier alpha value is -3.04. The Bertz CT molecular complexity index is 908. The fraction of sp³-hybridized carbons (Fsp3) is 0.214. The summed E-state index contributed by atoms with van der Waals surface area (Å²) in [5.41, 5.74) is -0.537. The summed E-state index contributed by atoms with van der Waals surface area (Å²) in [6.45, 7) is 0. The van der Waals surface area contributed by atoms with Gasteiger partial charge in [0.25, 0.3) is 5.78 Å². The molecule has 2 heterocycles. The Kier molecular flexibility index (Phi) is 3.66. The van der Waals surface area contributed by atoms with Crippen molar-refractivity contribution < 1.29 is 28.1 Å². The largest absolute Gasteiger partial charge is 0.496 e. The van der Waals surface area contributed by atoms with Crippen LogP contribution in [0.25, 0.3) is 5.78 Å². The van der Waals surface area contributed by atoms with E-state index in [0.29, 0.717) is 5.56 Å². The number of ether oxygens (including phenoxy) is 1. The van der Waals surface area contributed by atoms with Gasteiger partial charge in [-0.25, -0.2) is 0 Å². The molecule has 1 aromatic carbocycles. The SMILES string of the molecule is COc1cc(C(F)(F)F)ccc1Cc1c(O)nc2ncnn2c1O. The first-order valence-electron chi connectivity index (χ1n) is 6.66. The van der Waals surface area contributed by atoms with Crippen LogP contribution in [0.2, 0.25) is 0 Å². The number of methoxy groups -OCH3 is 1. The van der Waals surface area contributed by atoms with Crippen LogP contribution in [0.4, 0.5) is 13.2 Å². The van der Waals surface area contributed by atoms with Crippen molar-refractivity contribution in [2.24, 2.45) is 0 Å². The lowest BCUT2D eigenvalue weighted by molar-refractivity contribution is -0.137. The highest BCUT2D eigenvalue weighted by atomic mass is 19.4. The third-order valence-electron chi connectivity index (χ3n) is 3.46. The number of alkyl halides is 3. The summed E-state index contributed by atoms with van der Waals surface area (Å²) in [7, 11) is 1.23. The molecule has 3 aromatic rings. The minimum absolute atomic E-state index is 0.00636. The van der Waals surface area contributed by atoms with Crippen molar-refractivity contribution in [1.82, 2.24) is 19.6 Å². The molecule has 0 atom stereocenters. The Labute approximate surface area is 133 Å². The van der Waals surface area contributed by atoms with Crippen molar-refractivity contribution in [3.63, 3.8) is 0 Å². The third kappa shape index (κ3) is 2.66. The van der Waals surface area contributed by atoms with E-state index >= 15 is 0 Å². The molecule has 0 aliphatic heterocycles. The van der Waals surface area contributed by atoms with Crippen LogP contribution in [0, 0.1) is 0 Å². The molecule has 3 rings (SSSR count). The van der Waals surface area contributed by atoms with Gasteiger partial charge in [-0.15, -0.1) is 0 Å². The van der Waals surface area contributed by atoms with E-state index in [1.807, 2.05) is 0 Å². The zero-order valence-electron chi connectivity index (χ0n) is 12.2. The Morgan fingerprint density at radius 1 is 1.25 bits per heavy atom. The van der Waals surface area contributed by atoms with Crippen LogP contribution in [0.1, 0.15) is 16.7 Å². The number of hydrogen-bond donors (Lipinski definition) is 2. The van der Waals surface area contributed by atoms with E-state index < -0.39 is 23.5 Å². The minimum Gasteiger partial charge on any atom is -0.496 e. The normalized spacial score (nSPS) is 11.8. The summed E-state index contributed by atoms with van der Waals surface area (Å²) in [6.07, 6.45) is -3.47. The number of rotatable bonds is 3. The highest BCUT2D eigenvalue weighted by Gasteiger charge is 2.31. The van der Waals surface area contributed by atoms with E-state index in [1.165, 1.54) is 13.2 Å². The molecule has 0 bridgehead atoms. The molecule has 0 radical (unpaired) electrons. The van der Waals surface area contributed by atoms with Crippen LogP contribution >= 0.6 is 0 Å². The second-order valence-electron chi connectivity index (χ2n) is 4.91. The van der Waals surface area contributed by atoms with Crippen molar-refractivity contribution in [3.8, 4) is 17.5 Å². The van der Waals surface area contributed by atoms with E-state index in [0.717, 1.165) is 23.0 Å². The number of hydrogen-bond acceptors (Lipinski definition) is 6. The van der Waals surface area contributed by atoms with E-state index in [1.54, 1.807) is 0 Å². The fourth-order valence-electron chi connectivity index (χ4n) is 2.27. The highest BCUT2D eigenvalue weighted by Crippen LogP contribution is 2.35. The molecule has 2 N–H and O–H groups in total. The first-order valence-corrected chi connectivity index (χ1v) is 6.66. The van der Waals surface area contributed by atoms with E-state index in [2.05, 4.69) is 15.1 Å². The average Bonchev–Trinajstić information content (AvgIpc) is 2.98. The lowest BCUT2D eigenvalue weighted by Gasteiger charge is -2.13. The summed E-state index contributed by atoms with van der Waals surface area (Å²) in [6, 6.07) is 2.96. The van der Waals surface area contributed by atoms with E-state index in [9.17, 15) is 23.4 Å². The number of halogens is 3. The van der Waals surface area contributed by atoms with Gasteiger partial charge in [0.1, 0.15) is 12.1 Å². The molecule has 0 aliphatic carbocycles. The van der Waals surface area contributed by atoms with Gasteiger partial charge in [-0.3, -0.25) is 0 Å². The Morgan fingerprint density at radius 3 is 2.67 bits per heavy atom. The first-order chi connectivity index (χ1) is 11.3. The Morgan fingerprint density at radius 2 is 2.00 bits per heavy atom. The number of fused-ring (bicyclic) bond motifs is 1. The summed E-state index contributed by atoms with van der Waals surface area (Å²) >= 11 is 0. The number of aromatic hydroxyl groups is 2. The Balaban J connectivity index is 2.05. The quantitative estimate of drug-likeness (QED) is 0.759. The summed E-state index contributed by atoms with van der Waals surface area (Å²) in [4.78, 5) is 7.50. The minimum atomic E-state index is -4.50. The molecule has 0 amide bonds. The summed E-state index contributed by atoms with van der Waals surface area (Å²) in [5.74, 6) is -0.928. The number of benzene rings is 1. The molecule has 7 nitrogen and oxygen atoms in total. The lowest BCUT2D eigenvalue weighted by atomic mass is 10.0. The van der Waals surface area contributed by atoms with Gasteiger partial charge in [-0.1, -0.05) is 6.07 Å². The molecule has 0 aliphatic rings. The van der Waals surface area contributed by atoms with Gasteiger partial charge < -0.3 is 14.9 Å². The smallest absolute Gasteiger partial charge is 0.416 e. The van der Waals surface area contributed by atoms with Gasteiger partial charge in [0, 0.05) is 6.42 Å². The van der Waals surface area contributed by atoms with Crippen LogP contribution in [0.3, 0.4) is 0 Å². The van der Waals surface area contributed by atoms with Crippen molar-refractivity contribution in [2.75, 3.05) is 7.11 Å². The highest BCUT2D eigenvalue weighted by molar-refractivity contribution is 5.48. The van der Waals surface area contributed by atoms with Crippen molar-refractivity contribution in [2.45, 2.75) is 12.6 Å². The van der Waals surface area contributed by atoms with Gasteiger partial charge in [0.15, 0.2) is 0 Å². The van der Waals surface area contributed by atoms with Crippen LogP contribution < -0.4 is 4.74 Å². The zero-order valence-corrected chi connectivity index (χ0v) is 12.2. The standard InChI is InChI=1S/C14H11F3N4O3/c1-24-10-5-8(14(15,16)17)3-2-7(10)4-9-11(22)20-13-18-6-19-21(13)12(9)23/h2-3,5-6,23H,4H2,1H3,(H,18,19,20,22). The number of nitrogens with zero attached hydrogens (tertiary/aromatic N) is 4. The van der Waals surface area contributed by atoms with Gasteiger partial charge in [-0.2, -0.15) is 32.8 Å². The monoisotopic (exact) mass is 340 g/mol. The topological polar surface area (TPSA) is 92.8 Å². The van der Waals surface area contributed by atoms with Gasteiger partial charge in [-0.05, 0) is 17.7 Å². The molecular formula is C14H11F3N4O3. The second-order valence-corrected chi connectivity index (χ2v) is 4.91. The second kappa shape index (κ2) is 5.55. The van der Waals surface area contributed by atoms with Crippen LogP contribution in [-0.4, -0.2) is 36.9 Å². The molecular weight excluding hydrogens is 329 g/mol. The lowest BCUT2D eigenvalue weighted by Crippen LogP contribution is -2.06. The molecule has 2 aromatic heterocycles. The van der Waals surface area contributed by atoms with Gasteiger partial charge in [0.2, 0.25) is 11.8 Å². The van der Waals surface area contributed by atoms with Crippen LogP contribution in [0.15, 0.2) is 24.5 Å². The predicted octanol–water partition coefficient (Wildman–Crippen LogP) is 2.15. The van der Waals surface area contributed by atoms with Gasteiger partial charge in [0.05, 0.1) is 18.2 Å². The molecule has 126 valence electrons. The fourth-order valence-corrected chi connectivity index (χ4v) is 2.27. The van der Waals surface area contributed by atoms with E-state index in [4.69, 9.17) is 4.74 Å². The van der Waals surface area contributed by atoms with Crippen LogP contribution in [-0.2, 0) is 12.6 Å². The predicted molar refractivity (Wildman–Crippen MR) is 74.9 cm³/mol.